The van der Waals surface area contributed by atoms with Crippen LogP contribution >= 0.6 is 0 Å². The molecule has 0 bridgehead atoms. The summed E-state index contributed by atoms with van der Waals surface area (Å²) in [5.74, 6) is 2.43. The van der Waals surface area contributed by atoms with E-state index in [1.165, 1.54) is 6.92 Å². The first kappa shape index (κ1) is 23.6. The number of alkyl halides is 2. The molecule has 4 rings (SSSR count). The Balaban J connectivity index is 1.57. The van der Waals surface area contributed by atoms with E-state index in [0.717, 1.165) is 35.2 Å². The van der Waals surface area contributed by atoms with Crippen LogP contribution in [0.15, 0.2) is 36.5 Å². The van der Waals surface area contributed by atoms with Gasteiger partial charge in [-0.2, -0.15) is 0 Å². The second-order valence-electron chi connectivity index (χ2n) is 8.45. The summed E-state index contributed by atoms with van der Waals surface area (Å²) in [6, 6.07) is 8.98. The summed E-state index contributed by atoms with van der Waals surface area (Å²) in [6.45, 7) is 6.15. The number of pyridine rings is 1. The van der Waals surface area contributed by atoms with Gasteiger partial charge < -0.3 is 20.3 Å². The van der Waals surface area contributed by atoms with Crippen LogP contribution in [0.3, 0.4) is 0 Å². The Hall–Kier alpha value is -3.56. The smallest absolute Gasteiger partial charge is 0.272 e. The maximum Gasteiger partial charge on any atom is 0.272 e. The van der Waals surface area contributed by atoms with Crippen molar-refractivity contribution in [2.24, 2.45) is 0 Å². The molecule has 3 aromatic rings. The Morgan fingerprint density at radius 2 is 2.12 bits per heavy atom. The molecule has 1 aromatic carbocycles. The monoisotopic (exact) mass is 470 g/mol. The van der Waals surface area contributed by atoms with Crippen molar-refractivity contribution in [1.82, 2.24) is 20.3 Å². The summed E-state index contributed by atoms with van der Waals surface area (Å²) >= 11 is 0. The molecule has 2 N–H and O–H groups in total. The van der Waals surface area contributed by atoms with E-state index in [-0.39, 0.29) is 18.0 Å². The van der Waals surface area contributed by atoms with E-state index in [9.17, 15) is 13.6 Å². The molecule has 1 saturated heterocycles. The minimum atomic E-state index is -2.53. The van der Waals surface area contributed by atoms with E-state index in [4.69, 9.17) is 4.74 Å². The van der Waals surface area contributed by atoms with Crippen LogP contribution in [0.2, 0.25) is 0 Å². The third kappa shape index (κ3) is 5.67. The number of aromatic nitrogens is 3. The van der Waals surface area contributed by atoms with E-state index in [0.29, 0.717) is 23.9 Å². The van der Waals surface area contributed by atoms with E-state index >= 15 is 0 Å². The summed E-state index contributed by atoms with van der Waals surface area (Å²) in [7, 11) is 0. The van der Waals surface area contributed by atoms with Crippen LogP contribution < -0.4 is 20.3 Å². The molecular weight excluding hydrogens is 442 g/mol. The number of nitrogens with one attached hydrogen (secondary N) is 2. The highest BCUT2D eigenvalue weighted by Gasteiger charge is 2.24. The zero-order chi connectivity index (χ0) is 24.2. The highest BCUT2D eigenvalue weighted by atomic mass is 19.3. The average Bonchev–Trinajstić information content (AvgIpc) is 3.25. The number of hydrogen-bond acceptors (Lipinski definition) is 7. The quantitative estimate of drug-likeness (QED) is 0.516. The van der Waals surface area contributed by atoms with Crippen molar-refractivity contribution in [1.29, 1.82) is 0 Å². The number of ether oxygens (including phenoxy) is 1. The molecule has 0 radical (unpaired) electrons. The summed E-state index contributed by atoms with van der Waals surface area (Å²) in [5.41, 5.74) is 1.60. The fraction of sp³-hybridized carbons (Fsp3) is 0.417. The number of aryl methyl sites for hydroxylation is 1. The molecule has 34 heavy (non-hydrogen) atoms. The molecule has 1 aliphatic rings. The molecule has 8 nitrogen and oxygen atoms in total. The lowest BCUT2D eigenvalue weighted by Gasteiger charge is -2.20. The van der Waals surface area contributed by atoms with Crippen LogP contribution in [-0.4, -0.2) is 53.0 Å². The zero-order valence-corrected chi connectivity index (χ0v) is 19.4. The normalized spacial score (nSPS) is 16.6. The number of nitrogens with zero attached hydrogens (tertiary/aromatic N) is 4. The molecule has 1 fully saturated rings. The topological polar surface area (TPSA) is 92.3 Å². The zero-order valence-electron chi connectivity index (χ0n) is 19.4. The first-order valence-corrected chi connectivity index (χ1v) is 11.2. The third-order valence-electron chi connectivity index (χ3n) is 5.69. The van der Waals surface area contributed by atoms with Crippen molar-refractivity contribution in [3.8, 4) is 5.75 Å². The van der Waals surface area contributed by atoms with Crippen molar-refractivity contribution in [3.63, 3.8) is 0 Å². The van der Waals surface area contributed by atoms with Gasteiger partial charge in [0.1, 0.15) is 29.8 Å². The Kier molecular flexibility index (Phi) is 7.04. The Bertz CT molecular complexity index is 1180. The molecule has 2 atom stereocenters. The van der Waals surface area contributed by atoms with Gasteiger partial charge in [-0.05, 0) is 44.0 Å². The van der Waals surface area contributed by atoms with Crippen LogP contribution in [-0.2, 0) is 4.79 Å². The lowest BCUT2D eigenvalue weighted by molar-refractivity contribution is -0.119. The second-order valence-corrected chi connectivity index (χ2v) is 8.45. The lowest BCUT2D eigenvalue weighted by atomic mass is 10.1. The lowest BCUT2D eigenvalue weighted by Crippen LogP contribution is -2.35. The summed E-state index contributed by atoms with van der Waals surface area (Å²) in [6.07, 6.45) is 0.0664. The molecule has 1 amide bonds. The van der Waals surface area contributed by atoms with Crippen molar-refractivity contribution < 1.29 is 18.3 Å². The molecule has 180 valence electrons. The number of carbonyl (C=O) groups is 1. The number of rotatable bonds is 8. The predicted octanol–water partition coefficient (Wildman–Crippen LogP) is 3.87. The van der Waals surface area contributed by atoms with Gasteiger partial charge in [0.15, 0.2) is 0 Å². The molecular formula is C24H28F2N6O2. The minimum absolute atomic E-state index is 0.0358. The number of fused-ring (bicyclic) bond motifs is 1. The van der Waals surface area contributed by atoms with Gasteiger partial charge in [-0.3, -0.25) is 4.79 Å². The fourth-order valence-corrected chi connectivity index (χ4v) is 4.12. The van der Waals surface area contributed by atoms with Crippen molar-refractivity contribution in [3.05, 3.63) is 47.9 Å². The van der Waals surface area contributed by atoms with Gasteiger partial charge in [0.05, 0.1) is 17.8 Å². The van der Waals surface area contributed by atoms with Crippen LogP contribution in [0.5, 0.6) is 5.75 Å². The highest BCUT2D eigenvalue weighted by Crippen LogP contribution is 2.29. The van der Waals surface area contributed by atoms with Gasteiger partial charge in [0, 0.05) is 31.4 Å². The summed E-state index contributed by atoms with van der Waals surface area (Å²) < 4.78 is 30.2. The summed E-state index contributed by atoms with van der Waals surface area (Å²) in [4.78, 5) is 27.2. The largest absolute Gasteiger partial charge is 0.488 e. The molecule has 0 saturated carbocycles. The molecule has 3 heterocycles. The highest BCUT2D eigenvalue weighted by molar-refractivity contribution is 5.90. The van der Waals surface area contributed by atoms with Gasteiger partial charge in [0.25, 0.3) is 6.43 Å². The van der Waals surface area contributed by atoms with Crippen molar-refractivity contribution in [2.75, 3.05) is 29.9 Å². The maximum absolute atomic E-state index is 12.5. The van der Waals surface area contributed by atoms with Crippen LogP contribution in [0.1, 0.15) is 37.7 Å². The molecule has 2 aromatic heterocycles. The average molecular weight is 471 g/mol. The van der Waals surface area contributed by atoms with Crippen LogP contribution in [0, 0.1) is 6.92 Å². The van der Waals surface area contributed by atoms with Gasteiger partial charge in [-0.25, -0.2) is 23.7 Å². The molecule has 0 aliphatic carbocycles. The first-order valence-electron chi connectivity index (χ1n) is 11.2. The molecule has 0 spiro atoms. The standard InChI is InChI=1S/C24H28F2N6O2/c1-14(17-5-4-6-19(9-17)34-13-22(25)26)28-24-20-10-23(27-11-21(20)29-15(2)30-24)32-8-7-18(12-32)31-16(3)33/h4-6,9-11,14,18,22H,7-8,12-13H2,1-3H3,(H,31,33)(H,28,29,30)/t14?,18-/m1/s1. The van der Waals surface area contributed by atoms with E-state index in [2.05, 4.69) is 30.5 Å². The van der Waals surface area contributed by atoms with Gasteiger partial charge in [0.2, 0.25) is 5.91 Å². The van der Waals surface area contributed by atoms with Gasteiger partial charge in [-0.15, -0.1) is 0 Å². The van der Waals surface area contributed by atoms with E-state index < -0.39 is 13.0 Å². The number of benzene rings is 1. The number of carbonyl (C=O) groups excluding carboxylic acids is 1. The second kappa shape index (κ2) is 10.1. The molecule has 1 aliphatic heterocycles. The van der Waals surface area contributed by atoms with Gasteiger partial charge in [-0.1, -0.05) is 12.1 Å². The molecule has 10 heteroatoms. The number of anilines is 2. The maximum atomic E-state index is 12.5. The number of halogens is 2. The predicted molar refractivity (Wildman–Crippen MR) is 126 cm³/mol. The third-order valence-corrected chi connectivity index (χ3v) is 5.69. The number of hydrogen-bond donors (Lipinski definition) is 2. The van der Waals surface area contributed by atoms with E-state index in [1.54, 1.807) is 24.4 Å². The van der Waals surface area contributed by atoms with Crippen LogP contribution in [0.25, 0.3) is 10.9 Å². The minimum Gasteiger partial charge on any atom is -0.488 e. The first-order chi connectivity index (χ1) is 16.3. The van der Waals surface area contributed by atoms with Crippen molar-refractivity contribution >= 4 is 28.4 Å². The fourth-order valence-electron chi connectivity index (χ4n) is 4.12. The summed E-state index contributed by atoms with van der Waals surface area (Å²) in [5, 5.41) is 7.22. The Labute approximate surface area is 196 Å². The van der Waals surface area contributed by atoms with E-state index in [1.807, 2.05) is 26.0 Å². The number of amides is 1. The SMILES string of the molecule is CC(=O)N[C@@H]1CCN(c2cc3c(NC(C)c4cccc(OCC(F)F)c4)nc(C)nc3cn2)C1. The van der Waals surface area contributed by atoms with Crippen molar-refractivity contribution in [2.45, 2.75) is 45.7 Å². The van der Waals surface area contributed by atoms with Gasteiger partial charge >= 0.3 is 0 Å². The Morgan fingerprint density at radius 3 is 2.88 bits per heavy atom. The Morgan fingerprint density at radius 1 is 1.29 bits per heavy atom. The van der Waals surface area contributed by atoms with Crippen LogP contribution in [0.4, 0.5) is 20.4 Å². The molecule has 1 unspecified atom stereocenters.